The number of hydrogen-bond acceptors (Lipinski definition) is 5. The Labute approximate surface area is 143 Å². The molecule has 1 atom stereocenters. The van der Waals surface area contributed by atoms with Crippen molar-refractivity contribution in [2.45, 2.75) is 25.2 Å². The molecule has 9 heteroatoms. The first-order valence-corrected chi connectivity index (χ1v) is 7.76. The van der Waals surface area contributed by atoms with Crippen LogP contribution in [0, 0.1) is 5.82 Å². The van der Waals surface area contributed by atoms with Gasteiger partial charge in [-0.05, 0) is 30.2 Å². The number of hydrogen-bond donors (Lipinski definition) is 3. The number of alkyl carbamates (subject to hydrolysis) is 1. The van der Waals surface area contributed by atoms with E-state index in [0.717, 1.165) is 6.07 Å². The maximum Gasteiger partial charge on any atom is 0.410 e. The summed E-state index contributed by atoms with van der Waals surface area (Å²) in [6.45, 7) is 0.334. The van der Waals surface area contributed by atoms with Gasteiger partial charge in [-0.3, -0.25) is 4.79 Å². The molecule has 1 aliphatic heterocycles. The zero-order chi connectivity index (χ0) is 17.7. The average Bonchev–Trinajstić information content (AvgIpc) is 2.78. The highest BCUT2D eigenvalue weighted by Gasteiger charge is 2.48. The van der Waals surface area contributed by atoms with Gasteiger partial charge in [0, 0.05) is 37.7 Å². The minimum Gasteiger partial charge on any atom is -0.407 e. The molecule has 132 valence electrons. The molecule has 0 spiro atoms. The number of likely N-dealkylation sites (tertiary alicyclic amines) is 1. The number of benzene rings is 1. The SMILES string of the molecule is O=C(NCc1cc(F)cc(Cl)c1)O[C@@]1(O)CCN(CCCO)C1=O. The number of halogens is 2. The van der Waals surface area contributed by atoms with Crippen LogP contribution in [-0.4, -0.2) is 52.6 Å². The maximum atomic E-state index is 13.2. The number of aliphatic hydroxyl groups excluding tert-OH is 1. The second kappa shape index (κ2) is 7.78. The lowest BCUT2D eigenvalue weighted by atomic mass is 10.2. The minimum absolute atomic E-state index is 0.0591. The highest BCUT2D eigenvalue weighted by atomic mass is 35.5. The summed E-state index contributed by atoms with van der Waals surface area (Å²) in [4.78, 5) is 25.2. The van der Waals surface area contributed by atoms with E-state index in [2.05, 4.69) is 5.32 Å². The van der Waals surface area contributed by atoms with E-state index in [1.54, 1.807) is 0 Å². The Balaban J connectivity index is 1.88. The molecular formula is C15H18ClFN2O5. The van der Waals surface area contributed by atoms with Crippen molar-refractivity contribution in [3.8, 4) is 0 Å². The average molecular weight is 361 g/mol. The van der Waals surface area contributed by atoms with Gasteiger partial charge in [-0.15, -0.1) is 0 Å². The molecule has 0 saturated carbocycles. The normalized spacial score (nSPS) is 20.3. The van der Waals surface area contributed by atoms with Crippen molar-refractivity contribution < 1.29 is 28.9 Å². The summed E-state index contributed by atoms with van der Waals surface area (Å²) in [7, 11) is 0. The third-order valence-corrected chi connectivity index (χ3v) is 3.77. The number of amides is 2. The first kappa shape index (κ1) is 18.4. The Morgan fingerprint density at radius 3 is 2.88 bits per heavy atom. The molecule has 1 heterocycles. The van der Waals surface area contributed by atoms with E-state index < -0.39 is 23.6 Å². The molecule has 1 aromatic rings. The van der Waals surface area contributed by atoms with Crippen molar-refractivity contribution in [1.82, 2.24) is 10.2 Å². The lowest BCUT2D eigenvalue weighted by molar-refractivity contribution is -0.182. The van der Waals surface area contributed by atoms with E-state index in [0.29, 0.717) is 12.0 Å². The summed E-state index contributed by atoms with van der Waals surface area (Å²) < 4.78 is 18.0. The molecule has 0 aromatic heterocycles. The number of ether oxygens (including phenoxy) is 1. The van der Waals surface area contributed by atoms with Crippen molar-refractivity contribution in [2.24, 2.45) is 0 Å². The van der Waals surface area contributed by atoms with Crippen molar-refractivity contribution in [3.05, 3.63) is 34.6 Å². The number of rotatable bonds is 6. The lowest BCUT2D eigenvalue weighted by Gasteiger charge is -2.22. The van der Waals surface area contributed by atoms with Crippen LogP contribution in [0.15, 0.2) is 18.2 Å². The van der Waals surface area contributed by atoms with Crippen LogP contribution in [0.3, 0.4) is 0 Å². The molecule has 7 nitrogen and oxygen atoms in total. The molecule has 0 aliphatic carbocycles. The highest BCUT2D eigenvalue weighted by Crippen LogP contribution is 2.24. The third-order valence-electron chi connectivity index (χ3n) is 3.55. The van der Waals surface area contributed by atoms with Gasteiger partial charge in [0.15, 0.2) is 0 Å². The number of nitrogens with zero attached hydrogens (tertiary/aromatic N) is 1. The predicted octanol–water partition coefficient (Wildman–Crippen LogP) is 1.01. The van der Waals surface area contributed by atoms with Crippen molar-refractivity contribution in [1.29, 1.82) is 0 Å². The van der Waals surface area contributed by atoms with E-state index in [1.165, 1.54) is 17.0 Å². The van der Waals surface area contributed by atoms with Crippen LogP contribution >= 0.6 is 11.6 Å². The van der Waals surface area contributed by atoms with E-state index >= 15 is 0 Å². The molecule has 1 fully saturated rings. The van der Waals surface area contributed by atoms with Gasteiger partial charge in [0.05, 0.1) is 0 Å². The molecule has 0 unspecified atom stereocenters. The van der Waals surface area contributed by atoms with Gasteiger partial charge in [0.2, 0.25) is 0 Å². The summed E-state index contributed by atoms with van der Waals surface area (Å²) in [5.41, 5.74) is 0.409. The second-order valence-electron chi connectivity index (χ2n) is 5.42. The predicted molar refractivity (Wildman–Crippen MR) is 82.6 cm³/mol. The fourth-order valence-corrected chi connectivity index (χ4v) is 2.63. The Bertz CT molecular complexity index is 610. The number of carbonyl (C=O) groups is 2. The Morgan fingerprint density at radius 2 is 2.21 bits per heavy atom. The van der Waals surface area contributed by atoms with Crippen LogP contribution in [-0.2, 0) is 16.1 Å². The second-order valence-corrected chi connectivity index (χ2v) is 5.86. The summed E-state index contributed by atoms with van der Waals surface area (Å²) >= 11 is 5.71. The van der Waals surface area contributed by atoms with E-state index in [-0.39, 0.29) is 37.7 Å². The molecule has 0 bridgehead atoms. The molecular weight excluding hydrogens is 343 g/mol. The largest absolute Gasteiger partial charge is 0.410 e. The van der Waals surface area contributed by atoms with Gasteiger partial charge in [0.25, 0.3) is 11.7 Å². The highest BCUT2D eigenvalue weighted by molar-refractivity contribution is 6.30. The van der Waals surface area contributed by atoms with Gasteiger partial charge in [-0.2, -0.15) is 0 Å². The van der Waals surface area contributed by atoms with Gasteiger partial charge in [-0.25, -0.2) is 9.18 Å². The quantitative estimate of drug-likeness (QED) is 0.657. The van der Waals surface area contributed by atoms with Crippen molar-refractivity contribution >= 4 is 23.6 Å². The van der Waals surface area contributed by atoms with Gasteiger partial charge >= 0.3 is 6.09 Å². The zero-order valence-electron chi connectivity index (χ0n) is 12.8. The zero-order valence-corrected chi connectivity index (χ0v) is 13.6. The molecule has 24 heavy (non-hydrogen) atoms. The minimum atomic E-state index is -2.22. The molecule has 3 N–H and O–H groups in total. The fourth-order valence-electron chi connectivity index (χ4n) is 2.39. The smallest absolute Gasteiger partial charge is 0.407 e. The van der Waals surface area contributed by atoms with Crippen LogP contribution in [0.25, 0.3) is 0 Å². The van der Waals surface area contributed by atoms with Crippen molar-refractivity contribution in [2.75, 3.05) is 19.7 Å². The number of carbonyl (C=O) groups excluding carboxylic acids is 2. The monoisotopic (exact) mass is 360 g/mol. The van der Waals surface area contributed by atoms with Crippen LogP contribution in [0.4, 0.5) is 9.18 Å². The molecule has 1 saturated heterocycles. The Hall–Kier alpha value is -1.90. The van der Waals surface area contributed by atoms with Gasteiger partial charge in [-0.1, -0.05) is 11.6 Å². The third kappa shape index (κ3) is 4.56. The Kier molecular flexibility index (Phi) is 5.98. The molecule has 2 rings (SSSR count). The Morgan fingerprint density at radius 1 is 1.46 bits per heavy atom. The number of nitrogens with one attached hydrogen (secondary N) is 1. The van der Waals surface area contributed by atoms with Crippen LogP contribution in [0.1, 0.15) is 18.4 Å². The summed E-state index contributed by atoms with van der Waals surface area (Å²) in [6.07, 6.45) is -0.694. The topological polar surface area (TPSA) is 99.1 Å². The summed E-state index contributed by atoms with van der Waals surface area (Å²) in [5.74, 6) is -3.49. The summed E-state index contributed by atoms with van der Waals surface area (Å²) in [6, 6.07) is 3.79. The summed E-state index contributed by atoms with van der Waals surface area (Å²) in [5, 5.41) is 21.5. The van der Waals surface area contributed by atoms with E-state index in [1.807, 2.05) is 0 Å². The lowest BCUT2D eigenvalue weighted by Crippen LogP contribution is -2.46. The maximum absolute atomic E-state index is 13.2. The van der Waals surface area contributed by atoms with E-state index in [9.17, 15) is 19.1 Å². The molecule has 2 amide bonds. The fraction of sp³-hybridized carbons (Fsp3) is 0.467. The van der Waals surface area contributed by atoms with Crippen LogP contribution in [0.5, 0.6) is 0 Å². The van der Waals surface area contributed by atoms with Gasteiger partial charge < -0.3 is 25.2 Å². The first-order chi connectivity index (χ1) is 11.3. The van der Waals surface area contributed by atoms with E-state index in [4.69, 9.17) is 21.4 Å². The molecule has 1 aromatic carbocycles. The van der Waals surface area contributed by atoms with Gasteiger partial charge in [0.1, 0.15) is 5.82 Å². The first-order valence-electron chi connectivity index (χ1n) is 7.38. The molecule has 0 radical (unpaired) electrons. The van der Waals surface area contributed by atoms with Crippen LogP contribution < -0.4 is 5.32 Å². The molecule has 1 aliphatic rings. The standard InChI is InChI=1S/C15H18ClFN2O5/c16-11-6-10(7-12(17)8-11)9-18-14(22)24-15(23)2-4-19(13(15)21)3-1-5-20/h6-8,20,23H,1-5,9H2,(H,18,22)/t15-/m0/s1. The van der Waals surface area contributed by atoms with Crippen molar-refractivity contribution in [3.63, 3.8) is 0 Å². The number of aliphatic hydroxyl groups is 2. The van der Waals surface area contributed by atoms with Crippen LogP contribution in [0.2, 0.25) is 5.02 Å².